The van der Waals surface area contributed by atoms with Crippen LogP contribution in [0, 0.1) is 6.92 Å². The second kappa shape index (κ2) is 6.55. The Kier molecular flexibility index (Phi) is 4.45. The molecule has 1 amide bonds. The number of carbonyl (C=O) groups excluding carboxylic acids is 1. The highest BCUT2D eigenvalue weighted by molar-refractivity contribution is 7.90. The zero-order chi connectivity index (χ0) is 18.0. The summed E-state index contributed by atoms with van der Waals surface area (Å²) in [5.41, 5.74) is 0.784. The van der Waals surface area contributed by atoms with Crippen molar-refractivity contribution in [2.75, 3.05) is 17.3 Å². The summed E-state index contributed by atoms with van der Waals surface area (Å²) in [7, 11) is -3.07. The number of aryl methyl sites for hydroxylation is 2. The molecule has 0 unspecified atom stereocenters. The summed E-state index contributed by atoms with van der Waals surface area (Å²) in [5.74, 6) is 1.22. The number of nitrogens with zero attached hydrogens (tertiary/aromatic N) is 3. The number of anilines is 1. The zero-order valence-corrected chi connectivity index (χ0v) is 14.5. The lowest BCUT2D eigenvalue weighted by molar-refractivity contribution is 0.102. The van der Waals surface area contributed by atoms with Gasteiger partial charge in [0, 0.05) is 24.6 Å². The maximum absolute atomic E-state index is 12.2. The van der Waals surface area contributed by atoms with Crippen LogP contribution in [0.15, 0.2) is 34.9 Å². The molecule has 0 aliphatic heterocycles. The second-order valence-electron chi connectivity index (χ2n) is 5.63. The fraction of sp³-hybridized carbons (Fsp3) is 0.267. The number of aromatic nitrogens is 4. The molecule has 0 spiro atoms. The minimum atomic E-state index is -3.07. The number of aromatic amines is 1. The number of hydrogen-bond donors (Lipinski definition) is 2. The molecule has 9 nitrogen and oxygen atoms in total. The van der Waals surface area contributed by atoms with E-state index in [2.05, 4.69) is 20.6 Å². The predicted octanol–water partition coefficient (Wildman–Crippen LogP) is 1.47. The Hall–Kier alpha value is -2.88. The van der Waals surface area contributed by atoms with Gasteiger partial charge in [-0.15, -0.1) is 0 Å². The van der Waals surface area contributed by atoms with Crippen LogP contribution in [0.4, 0.5) is 5.82 Å². The summed E-state index contributed by atoms with van der Waals surface area (Å²) < 4.78 is 29.3. The molecule has 3 rings (SSSR count). The molecule has 2 N–H and O–H groups in total. The molecule has 3 heterocycles. The highest BCUT2D eigenvalue weighted by atomic mass is 32.2. The number of hydrogen-bond acceptors (Lipinski definition) is 6. The number of amides is 1. The first-order valence-electron chi connectivity index (χ1n) is 7.45. The summed E-state index contributed by atoms with van der Waals surface area (Å²) in [4.78, 5) is 12.2. The van der Waals surface area contributed by atoms with E-state index in [0.717, 1.165) is 12.0 Å². The van der Waals surface area contributed by atoms with E-state index in [1.54, 1.807) is 24.4 Å². The van der Waals surface area contributed by atoms with Crippen LogP contribution in [0.1, 0.15) is 16.2 Å². The van der Waals surface area contributed by atoms with Crippen molar-refractivity contribution >= 4 is 21.6 Å². The van der Waals surface area contributed by atoms with Crippen LogP contribution in [0.5, 0.6) is 0 Å². The third-order valence-corrected chi connectivity index (χ3v) is 4.31. The summed E-state index contributed by atoms with van der Waals surface area (Å²) in [6, 6.07) is 6.77. The Bertz CT molecular complexity index is 999. The van der Waals surface area contributed by atoms with Gasteiger partial charge in [-0.2, -0.15) is 10.2 Å². The van der Waals surface area contributed by atoms with E-state index in [4.69, 9.17) is 4.42 Å². The average molecular weight is 363 g/mol. The van der Waals surface area contributed by atoms with E-state index < -0.39 is 15.7 Å². The van der Waals surface area contributed by atoms with Gasteiger partial charge in [0.25, 0.3) is 5.91 Å². The van der Waals surface area contributed by atoms with Crippen LogP contribution in [0.2, 0.25) is 0 Å². The van der Waals surface area contributed by atoms with Crippen LogP contribution < -0.4 is 5.32 Å². The lowest BCUT2D eigenvalue weighted by Crippen LogP contribution is -2.14. The summed E-state index contributed by atoms with van der Waals surface area (Å²) in [6.07, 6.45) is 2.76. The van der Waals surface area contributed by atoms with Gasteiger partial charge in [-0.1, -0.05) is 0 Å². The molecule has 0 bridgehead atoms. The molecule has 0 aliphatic carbocycles. The Morgan fingerprint density at radius 2 is 2.16 bits per heavy atom. The minimum absolute atomic E-state index is 0.0205. The maximum Gasteiger partial charge on any atom is 0.277 e. The third kappa shape index (κ3) is 4.35. The number of furan rings is 1. The van der Waals surface area contributed by atoms with E-state index in [-0.39, 0.29) is 18.0 Å². The third-order valence-electron chi connectivity index (χ3n) is 3.39. The second-order valence-corrected chi connectivity index (χ2v) is 7.88. The van der Waals surface area contributed by atoms with Crippen molar-refractivity contribution < 1.29 is 17.6 Å². The molecule has 10 heteroatoms. The Balaban J connectivity index is 1.65. The van der Waals surface area contributed by atoms with Gasteiger partial charge in [0.1, 0.15) is 21.3 Å². The highest BCUT2D eigenvalue weighted by Crippen LogP contribution is 2.20. The SMILES string of the molecule is Cc1ccc(-c2cc(C(=O)Nc3ccn(CCS(C)(=O)=O)n3)n[nH]2)o1. The molecular weight excluding hydrogens is 346 g/mol. The zero-order valence-electron chi connectivity index (χ0n) is 13.7. The molecule has 0 radical (unpaired) electrons. The average Bonchev–Trinajstić information content (AvgIpc) is 3.24. The predicted molar refractivity (Wildman–Crippen MR) is 90.9 cm³/mol. The number of sulfone groups is 1. The summed E-state index contributed by atoms with van der Waals surface area (Å²) in [6.45, 7) is 2.05. The molecule has 132 valence electrons. The van der Waals surface area contributed by atoms with Gasteiger partial charge in [0.15, 0.2) is 17.3 Å². The van der Waals surface area contributed by atoms with Crippen molar-refractivity contribution in [1.82, 2.24) is 20.0 Å². The number of nitrogens with one attached hydrogen (secondary N) is 2. The quantitative estimate of drug-likeness (QED) is 0.684. The van der Waals surface area contributed by atoms with Crippen molar-refractivity contribution in [3.8, 4) is 11.5 Å². The van der Waals surface area contributed by atoms with Gasteiger partial charge in [-0.3, -0.25) is 14.6 Å². The van der Waals surface area contributed by atoms with E-state index in [0.29, 0.717) is 17.3 Å². The molecule has 0 fully saturated rings. The smallest absolute Gasteiger partial charge is 0.277 e. The molecule has 0 atom stereocenters. The van der Waals surface area contributed by atoms with Gasteiger partial charge >= 0.3 is 0 Å². The molecule has 3 aromatic rings. The maximum atomic E-state index is 12.2. The van der Waals surface area contributed by atoms with Crippen LogP contribution in [0.25, 0.3) is 11.5 Å². The monoisotopic (exact) mass is 363 g/mol. The van der Waals surface area contributed by atoms with Crippen molar-refractivity contribution in [2.45, 2.75) is 13.5 Å². The first-order chi connectivity index (χ1) is 11.8. The normalized spacial score (nSPS) is 11.6. The topological polar surface area (TPSA) is 123 Å². The fourth-order valence-corrected chi connectivity index (χ4v) is 2.65. The van der Waals surface area contributed by atoms with Crippen molar-refractivity contribution in [1.29, 1.82) is 0 Å². The fourth-order valence-electron chi connectivity index (χ4n) is 2.14. The first-order valence-corrected chi connectivity index (χ1v) is 9.51. The van der Waals surface area contributed by atoms with Crippen LogP contribution >= 0.6 is 0 Å². The highest BCUT2D eigenvalue weighted by Gasteiger charge is 2.14. The van der Waals surface area contributed by atoms with Gasteiger partial charge in [0.2, 0.25) is 0 Å². The Morgan fingerprint density at radius 3 is 2.84 bits per heavy atom. The Labute approximate surface area is 144 Å². The van der Waals surface area contributed by atoms with E-state index in [9.17, 15) is 13.2 Å². The molecule has 0 aromatic carbocycles. The number of carbonyl (C=O) groups is 1. The molecule has 0 aliphatic rings. The molecule has 25 heavy (non-hydrogen) atoms. The van der Waals surface area contributed by atoms with E-state index >= 15 is 0 Å². The summed E-state index contributed by atoms with van der Waals surface area (Å²) >= 11 is 0. The van der Waals surface area contributed by atoms with Crippen molar-refractivity contribution in [3.05, 3.63) is 41.9 Å². The molecular formula is C15H17N5O4S. The molecule has 0 saturated carbocycles. The lowest BCUT2D eigenvalue weighted by atomic mass is 10.3. The van der Waals surface area contributed by atoms with E-state index in [1.165, 1.54) is 4.68 Å². The van der Waals surface area contributed by atoms with Gasteiger partial charge in [-0.05, 0) is 19.1 Å². The number of H-pyrrole nitrogens is 1. The number of rotatable bonds is 6. The van der Waals surface area contributed by atoms with E-state index in [1.807, 2.05) is 13.0 Å². The Morgan fingerprint density at radius 1 is 1.36 bits per heavy atom. The van der Waals surface area contributed by atoms with Crippen LogP contribution in [0.3, 0.4) is 0 Å². The van der Waals surface area contributed by atoms with Crippen molar-refractivity contribution in [3.63, 3.8) is 0 Å². The summed E-state index contributed by atoms with van der Waals surface area (Å²) in [5, 5.41) is 13.4. The lowest BCUT2D eigenvalue weighted by Gasteiger charge is -2.00. The van der Waals surface area contributed by atoms with Crippen LogP contribution in [-0.4, -0.2) is 46.3 Å². The largest absolute Gasteiger partial charge is 0.460 e. The molecule has 3 aromatic heterocycles. The molecule has 0 saturated heterocycles. The van der Waals surface area contributed by atoms with Crippen LogP contribution in [-0.2, 0) is 16.4 Å². The van der Waals surface area contributed by atoms with Gasteiger partial charge in [0.05, 0.1) is 12.3 Å². The van der Waals surface area contributed by atoms with Gasteiger partial charge in [-0.25, -0.2) is 8.42 Å². The first kappa shape index (κ1) is 17.0. The van der Waals surface area contributed by atoms with Gasteiger partial charge < -0.3 is 9.73 Å². The van der Waals surface area contributed by atoms with Crippen molar-refractivity contribution in [2.24, 2.45) is 0 Å². The standard InChI is InChI=1S/C15H17N5O4S/c1-10-3-4-13(24-10)11-9-12(18-17-11)15(21)16-14-5-6-20(19-14)7-8-25(2,22)23/h3-6,9H,7-8H2,1-2H3,(H,17,18)(H,16,19,21). The minimum Gasteiger partial charge on any atom is -0.460 e.